The van der Waals surface area contributed by atoms with Gasteiger partial charge in [0.15, 0.2) is 0 Å². The van der Waals surface area contributed by atoms with Gasteiger partial charge >= 0.3 is 0 Å². The van der Waals surface area contributed by atoms with Crippen molar-refractivity contribution in [1.29, 1.82) is 0 Å². The average molecular weight is 164 g/mol. The molecule has 0 spiro atoms. The molecule has 0 radical (unpaired) electrons. The Hall–Kier alpha value is -1.31. The molecule has 0 heterocycles. The van der Waals surface area contributed by atoms with E-state index in [2.05, 4.69) is 5.32 Å². The zero-order valence-corrected chi connectivity index (χ0v) is 7.08. The second-order valence-electron chi connectivity index (χ2n) is 2.74. The third kappa shape index (κ3) is 2.38. The number of hydrogen-bond donors (Lipinski definition) is 1. The molecule has 1 aromatic rings. The molecule has 0 bridgehead atoms. The highest BCUT2D eigenvalue weighted by Crippen LogP contribution is 1.98. The van der Waals surface area contributed by atoms with Gasteiger partial charge in [0, 0.05) is 13.0 Å². The number of carbonyl (C=O) groups is 1. The summed E-state index contributed by atoms with van der Waals surface area (Å²) in [6.07, 6.45) is 0. The van der Waals surface area contributed by atoms with E-state index in [0.717, 1.165) is 0 Å². The van der Waals surface area contributed by atoms with Gasteiger partial charge in [-0.3, -0.25) is 4.79 Å². The van der Waals surface area contributed by atoms with E-state index in [9.17, 15) is 4.79 Å². The summed E-state index contributed by atoms with van der Waals surface area (Å²) in [5, 5.41) is 2.72. The third-order valence-corrected chi connectivity index (χ3v) is 1.41. The van der Waals surface area contributed by atoms with Gasteiger partial charge in [-0.25, -0.2) is 0 Å². The summed E-state index contributed by atoms with van der Waals surface area (Å²) in [4.78, 5) is 11.4. The largest absolute Gasteiger partial charge is 0.350 e. The van der Waals surface area contributed by atoms with Crippen LogP contribution in [0.4, 0.5) is 0 Å². The lowest BCUT2D eigenvalue weighted by atomic mass is 10.2. The molecular weight excluding hydrogens is 150 g/mol. The molecule has 2 heteroatoms. The Morgan fingerprint density at radius 2 is 2.17 bits per heavy atom. The van der Waals surface area contributed by atoms with E-state index in [4.69, 9.17) is 1.37 Å². The normalized spacial score (nSPS) is 13.2. The number of nitrogens with one attached hydrogen (secondary N) is 1. The van der Waals surface area contributed by atoms with Crippen LogP contribution in [0.1, 0.15) is 25.6 Å². The van der Waals surface area contributed by atoms with Crippen molar-refractivity contribution in [3.8, 4) is 0 Å². The van der Waals surface area contributed by atoms with Gasteiger partial charge in [0.05, 0.1) is 0 Å². The Morgan fingerprint density at radius 3 is 2.75 bits per heavy atom. The highest BCUT2D eigenvalue weighted by atomic mass is 16.1. The number of hydrogen-bond acceptors (Lipinski definition) is 1. The fraction of sp³-hybridized carbons (Fsp3) is 0.300. The summed E-state index contributed by atoms with van der Waals surface area (Å²) in [7, 11) is 0. The van der Waals surface area contributed by atoms with Crippen LogP contribution in [-0.4, -0.2) is 11.9 Å². The summed E-state index contributed by atoms with van der Waals surface area (Å²) in [5.41, 5.74) is 0.641. The lowest BCUT2D eigenvalue weighted by Gasteiger charge is -2.07. The van der Waals surface area contributed by atoms with Crippen molar-refractivity contribution in [1.82, 2.24) is 5.32 Å². The second kappa shape index (κ2) is 3.90. The van der Waals surface area contributed by atoms with Crippen LogP contribution in [0.5, 0.6) is 0 Å². The Kier molecular flexibility index (Phi) is 2.39. The van der Waals surface area contributed by atoms with Crippen LogP contribution in [0.25, 0.3) is 0 Å². The standard InChI is InChI=1S/C10H13NO/c1-8(2)11-10(12)9-6-4-3-5-7-9/h3-8H,1-2H3,(H,11,12)/i1D. The summed E-state index contributed by atoms with van der Waals surface area (Å²) >= 11 is 0. The molecule has 0 aromatic heterocycles. The minimum absolute atomic E-state index is 0.0901. The topological polar surface area (TPSA) is 29.1 Å². The lowest BCUT2D eigenvalue weighted by Crippen LogP contribution is -2.29. The first-order valence-corrected chi connectivity index (χ1v) is 3.89. The molecule has 0 saturated heterocycles. The Labute approximate surface area is 74.0 Å². The van der Waals surface area contributed by atoms with Gasteiger partial charge in [0.1, 0.15) is 0 Å². The van der Waals surface area contributed by atoms with Crippen molar-refractivity contribution < 1.29 is 6.17 Å². The Balaban J connectivity index is 2.59. The first-order chi connectivity index (χ1) is 6.24. The number of benzene rings is 1. The monoisotopic (exact) mass is 164 g/mol. The van der Waals surface area contributed by atoms with Crippen LogP contribution in [0.2, 0.25) is 0 Å². The summed E-state index contributed by atoms with van der Waals surface area (Å²) in [6.45, 7) is 2.02. The molecule has 0 aliphatic carbocycles. The predicted molar refractivity (Wildman–Crippen MR) is 49.0 cm³/mol. The highest BCUT2D eigenvalue weighted by molar-refractivity contribution is 5.94. The molecule has 64 valence electrons. The molecule has 1 amide bonds. The molecule has 0 aliphatic heterocycles. The molecule has 1 atom stereocenters. The van der Waals surface area contributed by atoms with E-state index >= 15 is 0 Å². The van der Waals surface area contributed by atoms with Gasteiger partial charge in [0.2, 0.25) is 0 Å². The predicted octanol–water partition coefficient (Wildman–Crippen LogP) is 1.82. The van der Waals surface area contributed by atoms with Crippen molar-refractivity contribution in [2.75, 3.05) is 0 Å². The summed E-state index contributed by atoms with van der Waals surface area (Å²) in [6, 6.07) is 8.93. The lowest BCUT2D eigenvalue weighted by molar-refractivity contribution is 0.0943. The molecule has 0 aliphatic rings. The van der Waals surface area contributed by atoms with Gasteiger partial charge in [0.25, 0.3) is 5.91 Å². The van der Waals surface area contributed by atoms with E-state index in [1.165, 1.54) is 0 Å². The van der Waals surface area contributed by atoms with Crippen LogP contribution >= 0.6 is 0 Å². The minimum Gasteiger partial charge on any atom is -0.350 e. The molecule has 1 unspecified atom stereocenters. The molecular formula is C10H13NO. The molecule has 0 fully saturated rings. The Morgan fingerprint density at radius 1 is 1.50 bits per heavy atom. The smallest absolute Gasteiger partial charge is 0.251 e. The second-order valence-corrected chi connectivity index (χ2v) is 2.74. The third-order valence-electron chi connectivity index (χ3n) is 1.41. The highest BCUT2D eigenvalue weighted by Gasteiger charge is 2.04. The molecule has 0 saturated carbocycles. The van der Waals surface area contributed by atoms with Crippen LogP contribution in [0.15, 0.2) is 30.3 Å². The van der Waals surface area contributed by atoms with Crippen LogP contribution in [0.3, 0.4) is 0 Å². The fourth-order valence-corrected chi connectivity index (χ4v) is 0.897. The molecule has 1 aromatic carbocycles. The molecule has 12 heavy (non-hydrogen) atoms. The zero-order chi connectivity index (χ0) is 9.68. The number of carbonyl (C=O) groups excluding carboxylic acids is 1. The first-order valence-electron chi connectivity index (χ1n) is 4.60. The minimum atomic E-state index is -0.111. The average Bonchev–Trinajstić information content (AvgIpc) is 2.19. The van der Waals surface area contributed by atoms with Gasteiger partial charge < -0.3 is 5.32 Å². The first kappa shape index (κ1) is 7.35. The molecule has 1 N–H and O–H groups in total. The SMILES string of the molecule is [2H]CC(C)NC(=O)c1ccccc1. The van der Waals surface area contributed by atoms with Crippen LogP contribution in [-0.2, 0) is 0 Å². The van der Waals surface area contributed by atoms with Gasteiger partial charge in [-0.15, -0.1) is 0 Å². The summed E-state index contributed by atoms with van der Waals surface area (Å²) in [5.74, 6) is -0.111. The van der Waals surface area contributed by atoms with Gasteiger partial charge in [-0.1, -0.05) is 18.2 Å². The van der Waals surface area contributed by atoms with Crippen molar-refractivity contribution in [2.45, 2.75) is 19.9 Å². The van der Waals surface area contributed by atoms with E-state index in [0.29, 0.717) is 5.56 Å². The number of amides is 1. The van der Waals surface area contributed by atoms with E-state index in [-0.39, 0.29) is 18.8 Å². The molecule has 2 nitrogen and oxygen atoms in total. The van der Waals surface area contributed by atoms with Crippen molar-refractivity contribution in [2.24, 2.45) is 0 Å². The molecule has 1 rings (SSSR count). The maximum Gasteiger partial charge on any atom is 0.251 e. The van der Waals surface area contributed by atoms with Gasteiger partial charge in [-0.2, -0.15) is 0 Å². The fourth-order valence-electron chi connectivity index (χ4n) is 0.897. The van der Waals surface area contributed by atoms with Crippen LogP contribution in [0, 0.1) is 0 Å². The zero-order valence-electron chi connectivity index (χ0n) is 8.08. The van der Waals surface area contributed by atoms with E-state index in [1.54, 1.807) is 12.1 Å². The van der Waals surface area contributed by atoms with E-state index < -0.39 is 0 Å². The summed E-state index contributed by atoms with van der Waals surface area (Å²) < 4.78 is 7.05. The Bertz CT molecular complexity index is 274. The van der Waals surface area contributed by atoms with Gasteiger partial charge in [-0.05, 0) is 26.0 Å². The van der Waals surface area contributed by atoms with Crippen molar-refractivity contribution in [3.05, 3.63) is 35.9 Å². The van der Waals surface area contributed by atoms with Crippen molar-refractivity contribution in [3.63, 3.8) is 0 Å². The maximum absolute atomic E-state index is 11.4. The van der Waals surface area contributed by atoms with Crippen LogP contribution < -0.4 is 5.32 Å². The number of rotatable bonds is 2. The van der Waals surface area contributed by atoms with Crippen molar-refractivity contribution >= 4 is 5.91 Å². The quantitative estimate of drug-likeness (QED) is 0.709. The van der Waals surface area contributed by atoms with E-state index in [1.807, 2.05) is 25.1 Å². The maximum atomic E-state index is 11.4.